The number of amides is 1. The molecule has 0 spiro atoms. The highest BCUT2D eigenvalue weighted by Crippen LogP contribution is 2.31. The number of fused-ring (bicyclic) bond motifs is 1. The topological polar surface area (TPSA) is 81.7 Å². The fourth-order valence-corrected chi connectivity index (χ4v) is 4.56. The summed E-state index contributed by atoms with van der Waals surface area (Å²) in [6.07, 6.45) is 2.58. The Labute approximate surface area is 209 Å². The van der Waals surface area contributed by atoms with Crippen molar-refractivity contribution in [2.24, 2.45) is 0 Å². The molecule has 36 heavy (non-hydrogen) atoms. The van der Waals surface area contributed by atoms with Crippen molar-refractivity contribution < 1.29 is 14.7 Å². The molecular formula is C30H27N3O3. The van der Waals surface area contributed by atoms with Crippen LogP contribution in [-0.2, 0) is 4.79 Å². The van der Waals surface area contributed by atoms with Gasteiger partial charge in [0.05, 0.1) is 0 Å². The molecule has 1 fully saturated rings. The highest BCUT2D eigenvalue weighted by atomic mass is 16.4. The van der Waals surface area contributed by atoms with Crippen LogP contribution in [0.2, 0.25) is 0 Å². The lowest BCUT2D eigenvalue weighted by atomic mass is 9.96. The standard InChI is InChI=1S/C30H27N3O3/c34-29(35)12-11-21-5-3-8-25(17-21)32-30(36)28-20-24(18-23-6-1-2-10-27(23)28)22-7-4-9-26(19-22)33-15-13-31-14-16-33/h1-12,17-20,31H,13-16H2,(H,32,36)(H,34,35)/b12-11+. The van der Waals surface area contributed by atoms with Gasteiger partial charge < -0.3 is 20.6 Å². The summed E-state index contributed by atoms with van der Waals surface area (Å²) >= 11 is 0. The van der Waals surface area contributed by atoms with Crippen molar-refractivity contribution in [1.82, 2.24) is 5.32 Å². The Hall–Kier alpha value is -4.42. The zero-order chi connectivity index (χ0) is 24.9. The minimum absolute atomic E-state index is 0.217. The molecule has 0 unspecified atom stereocenters. The van der Waals surface area contributed by atoms with Crippen molar-refractivity contribution in [3.63, 3.8) is 0 Å². The monoisotopic (exact) mass is 477 g/mol. The summed E-state index contributed by atoms with van der Waals surface area (Å²) in [7, 11) is 0. The number of nitrogens with zero attached hydrogens (tertiary/aromatic N) is 1. The number of carbonyl (C=O) groups is 2. The van der Waals surface area contributed by atoms with E-state index in [9.17, 15) is 9.59 Å². The van der Waals surface area contributed by atoms with Gasteiger partial charge >= 0.3 is 5.97 Å². The molecule has 4 aromatic rings. The Kier molecular flexibility index (Phi) is 6.78. The number of carboxylic acid groups (broad SMARTS) is 1. The number of benzene rings is 4. The maximum atomic E-state index is 13.5. The Bertz CT molecular complexity index is 1460. The third-order valence-electron chi connectivity index (χ3n) is 6.33. The molecule has 5 rings (SSSR count). The zero-order valence-electron chi connectivity index (χ0n) is 19.8. The fraction of sp³-hybridized carbons (Fsp3) is 0.133. The molecule has 0 aromatic heterocycles. The van der Waals surface area contributed by atoms with Crippen molar-refractivity contribution in [1.29, 1.82) is 0 Å². The predicted molar refractivity (Wildman–Crippen MR) is 146 cm³/mol. The van der Waals surface area contributed by atoms with Gasteiger partial charge in [0, 0.05) is 49.2 Å². The quantitative estimate of drug-likeness (QED) is 0.330. The van der Waals surface area contributed by atoms with E-state index in [1.807, 2.05) is 30.3 Å². The first-order chi connectivity index (χ1) is 17.6. The SMILES string of the molecule is O=C(O)/C=C/c1cccc(NC(=O)c2cc(-c3cccc(N4CCNCC4)c3)cc3ccccc23)c1. The number of carbonyl (C=O) groups excluding carboxylic acids is 1. The molecule has 0 atom stereocenters. The molecule has 1 aliphatic rings. The second-order valence-electron chi connectivity index (χ2n) is 8.78. The number of aliphatic carboxylic acids is 1. The van der Waals surface area contributed by atoms with Crippen LogP contribution in [0.3, 0.4) is 0 Å². The van der Waals surface area contributed by atoms with Crippen LogP contribution in [0.25, 0.3) is 28.0 Å². The lowest BCUT2D eigenvalue weighted by Crippen LogP contribution is -2.43. The van der Waals surface area contributed by atoms with E-state index in [0.29, 0.717) is 16.8 Å². The van der Waals surface area contributed by atoms with E-state index in [-0.39, 0.29) is 5.91 Å². The second-order valence-corrected chi connectivity index (χ2v) is 8.78. The number of hydrogen-bond acceptors (Lipinski definition) is 4. The summed E-state index contributed by atoms with van der Waals surface area (Å²) in [6.45, 7) is 3.88. The van der Waals surface area contributed by atoms with Gasteiger partial charge in [0.1, 0.15) is 0 Å². The lowest BCUT2D eigenvalue weighted by molar-refractivity contribution is -0.131. The minimum Gasteiger partial charge on any atom is -0.478 e. The highest BCUT2D eigenvalue weighted by molar-refractivity contribution is 6.14. The first-order valence-corrected chi connectivity index (χ1v) is 12.0. The first-order valence-electron chi connectivity index (χ1n) is 12.0. The van der Waals surface area contributed by atoms with Gasteiger partial charge in [0.25, 0.3) is 5.91 Å². The molecule has 1 saturated heterocycles. The van der Waals surface area contributed by atoms with Crippen LogP contribution >= 0.6 is 0 Å². The number of nitrogens with one attached hydrogen (secondary N) is 2. The van der Waals surface area contributed by atoms with E-state index >= 15 is 0 Å². The van der Waals surface area contributed by atoms with E-state index in [2.05, 4.69) is 45.9 Å². The Morgan fingerprint density at radius 3 is 2.50 bits per heavy atom. The highest BCUT2D eigenvalue weighted by Gasteiger charge is 2.15. The molecule has 1 aliphatic heterocycles. The van der Waals surface area contributed by atoms with Crippen molar-refractivity contribution in [3.05, 3.63) is 102 Å². The average molecular weight is 478 g/mol. The first kappa shape index (κ1) is 23.3. The van der Waals surface area contributed by atoms with Gasteiger partial charge in [-0.3, -0.25) is 4.79 Å². The van der Waals surface area contributed by atoms with Gasteiger partial charge in [0.2, 0.25) is 0 Å². The molecule has 180 valence electrons. The van der Waals surface area contributed by atoms with Crippen LogP contribution in [-0.4, -0.2) is 43.2 Å². The number of carboxylic acids is 1. The van der Waals surface area contributed by atoms with Crippen molar-refractivity contribution in [2.75, 3.05) is 36.4 Å². The molecule has 6 nitrogen and oxygen atoms in total. The molecule has 6 heteroatoms. The normalized spacial score (nSPS) is 13.7. The minimum atomic E-state index is -1.02. The molecule has 0 aliphatic carbocycles. The van der Waals surface area contributed by atoms with Gasteiger partial charge in [-0.15, -0.1) is 0 Å². The number of hydrogen-bond donors (Lipinski definition) is 3. The Balaban J connectivity index is 1.49. The van der Waals surface area contributed by atoms with Gasteiger partial charge in [-0.25, -0.2) is 4.79 Å². The summed E-state index contributed by atoms with van der Waals surface area (Å²) in [5.74, 6) is -1.24. The van der Waals surface area contributed by atoms with E-state index < -0.39 is 5.97 Å². The van der Waals surface area contributed by atoms with Crippen molar-refractivity contribution in [2.45, 2.75) is 0 Å². The van der Waals surface area contributed by atoms with Gasteiger partial charge in [-0.05, 0) is 69.9 Å². The van der Waals surface area contributed by atoms with Gasteiger partial charge in [-0.2, -0.15) is 0 Å². The van der Waals surface area contributed by atoms with Gasteiger partial charge in [0.15, 0.2) is 0 Å². The van der Waals surface area contributed by atoms with Crippen LogP contribution in [0.5, 0.6) is 0 Å². The maximum absolute atomic E-state index is 13.5. The average Bonchev–Trinajstić information content (AvgIpc) is 2.92. The van der Waals surface area contributed by atoms with Crippen molar-refractivity contribution in [3.8, 4) is 11.1 Å². The zero-order valence-corrected chi connectivity index (χ0v) is 19.8. The van der Waals surface area contributed by atoms with E-state index in [1.54, 1.807) is 24.3 Å². The largest absolute Gasteiger partial charge is 0.478 e. The summed E-state index contributed by atoms with van der Waals surface area (Å²) in [6, 6.07) is 27.5. The number of piperazine rings is 1. The van der Waals surface area contributed by atoms with Crippen LogP contribution in [0.4, 0.5) is 11.4 Å². The second kappa shape index (κ2) is 10.5. The smallest absolute Gasteiger partial charge is 0.328 e. The molecule has 1 amide bonds. The maximum Gasteiger partial charge on any atom is 0.328 e. The molecule has 0 saturated carbocycles. The molecule has 0 radical (unpaired) electrons. The van der Waals surface area contributed by atoms with Crippen LogP contribution < -0.4 is 15.5 Å². The van der Waals surface area contributed by atoms with Gasteiger partial charge in [-0.1, -0.05) is 48.5 Å². The van der Waals surface area contributed by atoms with Crippen LogP contribution in [0, 0.1) is 0 Å². The summed E-state index contributed by atoms with van der Waals surface area (Å²) in [4.78, 5) is 26.7. The summed E-state index contributed by atoms with van der Waals surface area (Å²) < 4.78 is 0. The molecular weight excluding hydrogens is 450 g/mol. The van der Waals surface area contributed by atoms with E-state index in [1.165, 1.54) is 11.8 Å². The van der Waals surface area contributed by atoms with E-state index in [4.69, 9.17) is 5.11 Å². The molecule has 3 N–H and O–H groups in total. The third kappa shape index (κ3) is 5.29. The summed E-state index contributed by atoms with van der Waals surface area (Å²) in [5.41, 5.74) is 5.10. The van der Waals surface area contributed by atoms with Crippen LogP contribution in [0.15, 0.2) is 91.0 Å². The molecule has 1 heterocycles. The number of anilines is 2. The number of rotatable bonds is 6. The predicted octanol–water partition coefficient (Wildman–Crippen LogP) is 5.27. The molecule has 0 bridgehead atoms. The van der Waals surface area contributed by atoms with E-state index in [0.717, 1.165) is 54.2 Å². The molecule has 4 aromatic carbocycles. The third-order valence-corrected chi connectivity index (χ3v) is 6.33. The fourth-order valence-electron chi connectivity index (χ4n) is 4.56. The summed E-state index contributed by atoms with van der Waals surface area (Å²) in [5, 5.41) is 17.1. The van der Waals surface area contributed by atoms with Crippen molar-refractivity contribution >= 4 is 40.1 Å². The Morgan fingerprint density at radius 2 is 1.67 bits per heavy atom. The van der Waals surface area contributed by atoms with Crippen LogP contribution in [0.1, 0.15) is 15.9 Å². The lowest BCUT2D eigenvalue weighted by Gasteiger charge is -2.29. The Morgan fingerprint density at radius 1 is 0.861 bits per heavy atom.